The number of methoxy groups -OCH3 is 1. The van der Waals surface area contributed by atoms with E-state index in [1.807, 2.05) is 0 Å². The van der Waals surface area contributed by atoms with Gasteiger partial charge in [-0.25, -0.2) is 0 Å². The van der Waals surface area contributed by atoms with Gasteiger partial charge in [-0.3, -0.25) is 9.97 Å². The first-order valence-electron chi connectivity index (χ1n) is 4.91. The third-order valence-corrected chi connectivity index (χ3v) is 2.22. The summed E-state index contributed by atoms with van der Waals surface area (Å²) in [4.78, 5) is 8.02. The van der Waals surface area contributed by atoms with E-state index < -0.39 is 5.60 Å². The molecule has 0 saturated heterocycles. The van der Waals surface area contributed by atoms with Gasteiger partial charge in [0.25, 0.3) is 0 Å². The number of nitrogens with zero attached hydrogens (tertiary/aromatic N) is 2. The predicted molar refractivity (Wildman–Crippen MR) is 56.1 cm³/mol. The molecule has 0 amide bonds. The standard InChI is InChI=1S/C10H17N3O2/c1-15-8-10(14,3-2-4-11)9-7-12-5-6-13-9/h5-7,14H,2-4,8,11H2,1H3. The van der Waals surface area contributed by atoms with Crippen molar-refractivity contribution in [3.63, 3.8) is 0 Å². The highest BCUT2D eigenvalue weighted by Crippen LogP contribution is 2.24. The number of hydrogen-bond acceptors (Lipinski definition) is 5. The van der Waals surface area contributed by atoms with Crippen molar-refractivity contribution in [2.45, 2.75) is 18.4 Å². The van der Waals surface area contributed by atoms with Crippen molar-refractivity contribution in [1.29, 1.82) is 0 Å². The quantitative estimate of drug-likeness (QED) is 0.695. The van der Waals surface area contributed by atoms with Crippen LogP contribution in [0.2, 0.25) is 0 Å². The molecule has 0 aromatic carbocycles. The second-order valence-corrected chi connectivity index (χ2v) is 3.45. The van der Waals surface area contributed by atoms with E-state index in [-0.39, 0.29) is 6.61 Å². The first-order valence-corrected chi connectivity index (χ1v) is 4.91. The highest BCUT2D eigenvalue weighted by atomic mass is 16.5. The Labute approximate surface area is 89.3 Å². The smallest absolute Gasteiger partial charge is 0.131 e. The van der Waals surface area contributed by atoms with E-state index >= 15 is 0 Å². The first-order chi connectivity index (χ1) is 7.23. The lowest BCUT2D eigenvalue weighted by molar-refractivity contribution is -0.0463. The molecule has 0 spiro atoms. The van der Waals surface area contributed by atoms with Crippen LogP contribution in [0, 0.1) is 0 Å². The first kappa shape index (κ1) is 12.0. The minimum atomic E-state index is -1.08. The summed E-state index contributed by atoms with van der Waals surface area (Å²) in [7, 11) is 1.55. The molecule has 1 rings (SSSR count). The summed E-state index contributed by atoms with van der Waals surface area (Å²) >= 11 is 0. The van der Waals surface area contributed by atoms with Crippen LogP contribution < -0.4 is 5.73 Å². The van der Waals surface area contributed by atoms with Gasteiger partial charge >= 0.3 is 0 Å². The van der Waals surface area contributed by atoms with Crippen LogP contribution in [0.1, 0.15) is 18.5 Å². The Morgan fingerprint density at radius 2 is 2.33 bits per heavy atom. The fraction of sp³-hybridized carbons (Fsp3) is 0.600. The molecule has 1 atom stereocenters. The van der Waals surface area contributed by atoms with Crippen molar-refractivity contribution in [2.24, 2.45) is 5.73 Å². The van der Waals surface area contributed by atoms with Crippen LogP contribution >= 0.6 is 0 Å². The maximum absolute atomic E-state index is 10.3. The third-order valence-electron chi connectivity index (χ3n) is 2.22. The molecule has 15 heavy (non-hydrogen) atoms. The average molecular weight is 211 g/mol. The van der Waals surface area contributed by atoms with Crippen LogP contribution in [0.15, 0.2) is 18.6 Å². The van der Waals surface area contributed by atoms with Gasteiger partial charge in [0.2, 0.25) is 0 Å². The summed E-state index contributed by atoms with van der Waals surface area (Å²) in [6, 6.07) is 0. The Morgan fingerprint density at radius 1 is 1.53 bits per heavy atom. The Hall–Kier alpha value is -1.04. The summed E-state index contributed by atoms with van der Waals surface area (Å²) in [6.45, 7) is 0.734. The van der Waals surface area contributed by atoms with Crippen LogP contribution in [-0.4, -0.2) is 35.3 Å². The monoisotopic (exact) mass is 211 g/mol. The van der Waals surface area contributed by atoms with Crippen molar-refractivity contribution in [3.8, 4) is 0 Å². The number of aromatic nitrogens is 2. The summed E-state index contributed by atoms with van der Waals surface area (Å²) < 4.78 is 5.00. The molecule has 1 aromatic rings. The normalized spacial score (nSPS) is 14.9. The van der Waals surface area contributed by atoms with Crippen LogP contribution in [-0.2, 0) is 10.3 Å². The minimum Gasteiger partial charge on any atom is -0.381 e. The highest BCUT2D eigenvalue weighted by Gasteiger charge is 2.30. The van der Waals surface area contributed by atoms with Crippen molar-refractivity contribution in [1.82, 2.24) is 9.97 Å². The van der Waals surface area contributed by atoms with E-state index in [1.165, 1.54) is 0 Å². The SMILES string of the molecule is COCC(O)(CCCN)c1cnccn1. The molecule has 0 saturated carbocycles. The summed E-state index contributed by atoms with van der Waals surface area (Å²) in [6.07, 6.45) is 5.92. The molecule has 1 heterocycles. The van der Waals surface area contributed by atoms with Gasteiger partial charge in [-0.15, -0.1) is 0 Å². The van der Waals surface area contributed by atoms with Gasteiger partial charge in [0.15, 0.2) is 0 Å². The van der Waals surface area contributed by atoms with Crippen molar-refractivity contribution >= 4 is 0 Å². The third kappa shape index (κ3) is 3.23. The van der Waals surface area contributed by atoms with Crippen molar-refractivity contribution in [2.75, 3.05) is 20.3 Å². The molecule has 84 valence electrons. The molecular formula is C10H17N3O2. The largest absolute Gasteiger partial charge is 0.381 e. The molecule has 1 aromatic heterocycles. The van der Waals surface area contributed by atoms with Gasteiger partial charge in [0, 0.05) is 19.5 Å². The predicted octanol–water partition coefficient (Wildman–Crippen LogP) is 0.0495. The summed E-state index contributed by atoms with van der Waals surface area (Å²) in [5.74, 6) is 0. The maximum Gasteiger partial charge on any atom is 0.131 e. The van der Waals surface area contributed by atoms with Gasteiger partial charge in [0.1, 0.15) is 5.60 Å². The van der Waals surface area contributed by atoms with E-state index in [9.17, 15) is 5.11 Å². The van der Waals surface area contributed by atoms with E-state index in [4.69, 9.17) is 10.5 Å². The summed E-state index contributed by atoms with van der Waals surface area (Å²) in [5.41, 5.74) is 4.87. The lowest BCUT2D eigenvalue weighted by Crippen LogP contribution is -2.33. The molecular weight excluding hydrogens is 194 g/mol. The Kier molecular flexibility index (Phi) is 4.61. The van der Waals surface area contributed by atoms with Gasteiger partial charge < -0.3 is 15.6 Å². The molecule has 0 bridgehead atoms. The Morgan fingerprint density at radius 3 is 2.87 bits per heavy atom. The molecule has 1 unspecified atom stereocenters. The molecule has 0 aliphatic rings. The zero-order chi connectivity index (χ0) is 11.1. The molecule has 0 fully saturated rings. The van der Waals surface area contributed by atoms with Crippen molar-refractivity contribution < 1.29 is 9.84 Å². The maximum atomic E-state index is 10.3. The lowest BCUT2D eigenvalue weighted by Gasteiger charge is -2.26. The molecule has 0 aliphatic heterocycles. The van der Waals surface area contributed by atoms with Crippen LogP contribution in [0.25, 0.3) is 0 Å². The average Bonchev–Trinajstić information content (AvgIpc) is 2.28. The number of hydrogen-bond donors (Lipinski definition) is 2. The molecule has 3 N–H and O–H groups in total. The minimum absolute atomic E-state index is 0.200. The van der Waals surface area contributed by atoms with E-state index in [1.54, 1.807) is 25.7 Å². The van der Waals surface area contributed by atoms with Crippen LogP contribution in [0.4, 0.5) is 0 Å². The highest BCUT2D eigenvalue weighted by molar-refractivity contribution is 5.08. The van der Waals surface area contributed by atoms with Crippen LogP contribution in [0.3, 0.4) is 0 Å². The second kappa shape index (κ2) is 5.75. The number of nitrogens with two attached hydrogens (primary N) is 1. The molecule has 0 aliphatic carbocycles. The summed E-state index contributed by atoms with van der Waals surface area (Å²) in [5, 5.41) is 10.3. The fourth-order valence-corrected chi connectivity index (χ4v) is 1.45. The number of ether oxygens (including phenoxy) is 1. The zero-order valence-electron chi connectivity index (χ0n) is 8.89. The van der Waals surface area contributed by atoms with Gasteiger partial charge in [-0.05, 0) is 19.4 Å². The zero-order valence-corrected chi connectivity index (χ0v) is 8.89. The number of aliphatic hydroxyl groups is 1. The van der Waals surface area contributed by atoms with Crippen LogP contribution in [0.5, 0.6) is 0 Å². The van der Waals surface area contributed by atoms with Gasteiger partial charge in [0.05, 0.1) is 18.5 Å². The van der Waals surface area contributed by atoms with Gasteiger partial charge in [-0.2, -0.15) is 0 Å². The van der Waals surface area contributed by atoms with Crippen molar-refractivity contribution in [3.05, 3.63) is 24.3 Å². The fourth-order valence-electron chi connectivity index (χ4n) is 1.45. The molecule has 5 heteroatoms. The lowest BCUT2D eigenvalue weighted by atomic mass is 9.95. The molecule has 5 nitrogen and oxygen atoms in total. The van der Waals surface area contributed by atoms with E-state index in [0.717, 1.165) is 6.42 Å². The molecule has 0 radical (unpaired) electrons. The topological polar surface area (TPSA) is 81.3 Å². The van der Waals surface area contributed by atoms with E-state index in [2.05, 4.69) is 9.97 Å². The Bertz CT molecular complexity index is 281. The van der Waals surface area contributed by atoms with Gasteiger partial charge in [-0.1, -0.05) is 0 Å². The second-order valence-electron chi connectivity index (χ2n) is 3.45. The van der Waals surface area contributed by atoms with E-state index in [0.29, 0.717) is 18.7 Å². The number of rotatable bonds is 6. The Balaban J connectivity index is 2.80.